The maximum absolute atomic E-state index is 12.9. The van der Waals surface area contributed by atoms with Gasteiger partial charge in [0.2, 0.25) is 5.91 Å². The van der Waals surface area contributed by atoms with Crippen molar-refractivity contribution in [3.8, 4) is 0 Å². The third-order valence-corrected chi connectivity index (χ3v) is 7.81. The first-order chi connectivity index (χ1) is 14.7. The van der Waals surface area contributed by atoms with Gasteiger partial charge in [0.05, 0.1) is 24.9 Å². The van der Waals surface area contributed by atoms with Crippen molar-refractivity contribution >= 4 is 5.91 Å². The molecule has 1 aliphatic heterocycles. The van der Waals surface area contributed by atoms with Gasteiger partial charge in [0, 0.05) is 33.2 Å². The van der Waals surface area contributed by atoms with Crippen LogP contribution >= 0.6 is 0 Å². The predicted octanol–water partition coefficient (Wildman–Crippen LogP) is 3.21. The van der Waals surface area contributed by atoms with Gasteiger partial charge in [-0.2, -0.15) is 0 Å². The maximum Gasteiger partial charge on any atom is 0.222 e. The third-order valence-electron chi connectivity index (χ3n) is 7.81. The average Bonchev–Trinajstić information content (AvgIpc) is 3.12. The Morgan fingerprint density at radius 3 is 2.60 bits per heavy atom. The molecule has 3 aliphatic carbocycles. The Morgan fingerprint density at radius 1 is 1.10 bits per heavy atom. The summed E-state index contributed by atoms with van der Waals surface area (Å²) in [6.45, 7) is 3.17. The number of likely N-dealkylation sites (tertiary alicyclic amines) is 1. The van der Waals surface area contributed by atoms with Gasteiger partial charge in [-0.1, -0.05) is 18.1 Å². The van der Waals surface area contributed by atoms with Crippen LogP contribution in [0.4, 0.5) is 0 Å². The Hall–Kier alpha value is -1.47. The summed E-state index contributed by atoms with van der Waals surface area (Å²) in [5.41, 5.74) is 0.861. The molecular weight excluding hydrogens is 380 g/mol. The van der Waals surface area contributed by atoms with Crippen LogP contribution in [-0.4, -0.2) is 58.7 Å². The van der Waals surface area contributed by atoms with Crippen LogP contribution in [0.5, 0.6) is 0 Å². The molecular formula is C23H36N4O3. The molecule has 30 heavy (non-hydrogen) atoms. The van der Waals surface area contributed by atoms with E-state index in [1.165, 1.54) is 38.5 Å². The van der Waals surface area contributed by atoms with Crippen molar-refractivity contribution in [2.45, 2.75) is 76.5 Å². The van der Waals surface area contributed by atoms with Gasteiger partial charge in [0.1, 0.15) is 5.69 Å². The molecule has 1 amide bonds. The molecule has 2 heterocycles. The molecule has 7 heteroatoms. The number of rotatable bonds is 8. The summed E-state index contributed by atoms with van der Waals surface area (Å²) in [5, 5.41) is 8.69. The van der Waals surface area contributed by atoms with Gasteiger partial charge in [0.25, 0.3) is 0 Å². The lowest BCUT2D eigenvalue weighted by molar-refractivity contribution is -0.131. The molecule has 1 saturated heterocycles. The number of nitrogens with zero attached hydrogens (tertiary/aromatic N) is 4. The molecule has 4 atom stereocenters. The minimum atomic E-state index is 0.161. The van der Waals surface area contributed by atoms with Crippen LogP contribution in [0.2, 0.25) is 0 Å². The van der Waals surface area contributed by atoms with Gasteiger partial charge in [0.15, 0.2) is 0 Å². The molecule has 5 rings (SSSR count). The van der Waals surface area contributed by atoms with Crippen LogP contribution in [0, 0.1) is 23.7 Å². The lowest BCUT2D eigenvalue weighted by Crippen LogP contribution is -2.38. The van der Waals surface area contributed by atoms with Crippen molar-refractivity contribution < 1.29 is 14.3 Å². The molecule has 4 aliphatic rings. The van der Waals surface area contributed by atoms with Crippen molar-refractivity contribution in [2.75, 3.05) is 26.8 Å². The normalized spacial score (nSPS) is 32.0. The zero-order chi connectivity index (χ0) is 20.5. The second-order valence-corrected chi connectivity index (χ2v) is 10.2. The second-order valence-electron chi connectivity index (χ2n) is 10.2. The summed E-state index contributed by atoms with van der Waals surface area (Å²) in [5.74, 6) is 2.85. The first-order valence-electron chi connectivity index (χ1n) is 12.0. The van der Waals surface area contributed by atoms with E-state index >= 15 is 0 Å². The van der Waals surface area contributed by atoms with E-state index in [1.807, 2.05) is 10.9 Å². The third kappa shape index (κ3) is 4.57. The van der Waals surface area contributed by atoms with Crippen LogP contribution in [0.25, 0.3) is 0 Å². The number of methoxy groups -OCH3 is 1. The van der Waals surface area contributed by atoms with Gasteiger partial charge in [-0.25, -0.2) is 4.68 Å². The van der Waals surface area contributed by atoms with Crippen molar-refractivity contribution in [3.05, 3.63) is 11.9 Å². The van der Waals surface area contributed by atoms with Crippen LogP contribution in [0.15, 0.2) is 6.20 Å². The van der Waals surface area contributed by atoms with Gasteiger partial charge in [-0.3, -0.25) is 4.79 Å². The second kappa shape index (κ2) is 8.95. The number of fused-ring (bicyclic) bond motifs is 1. The van der Waals surface area contributed by atoms with Crippen LogP contribution in [-0.2, 0) is 20.9 Å². The summed E-state index contributed by atoms with van der Waals surface area (Å²) >= 11 is 0. The fraction of sp³-hybridized carbons (Fsp3) is 0.870. The fourth-order valence-corrected chi connectivity index (χ4v) is 5.88. The number of carbonyl (C=O) groups excluding carboxylic acids is 1. The number of carbonyl (C=O) groups is 1. The highest BCUT2D eigenvalue weighted by Gasteiger charge is 2.45. The molecule has 0 aromatic carbocycles. The van der Waals surface area contributed by atoms with E-state index in [4.69, 9.17) is 9.47 Å². The molecule has 3 saturated carbocycles. The Balaban J connectivity index is 1.25. The molecule has 166 valence electrons. The SMILES string of the molecule is COCc1cn([C@@H]2C[C@@H]3CN(C(=O)CC4CCCC4)C[C@@H]3C[C@H]2OCC2CC2)nn1. The standard InChI is InChI=1S/C23H36N4O3/c1-29-15-20-13-27(25-24-20)21-9-18-11-26(23(28)8-16-4-2-3-5-16)12-19(18)10-22(21)30-14-17-6-7-17/h13,16-19,21-22H,2-12,14-15H2,1H3/t18-,19+,21-,22-/m1/s1. The molecule has 1 aromatic heterocycles. The largest absolute Gasteiger partial charge is 0.378 e. The van der Waals surface area contributed by atoms with E-state index in [0.717, 1.165) is 50.6 Å². The Bertz CT molecular complexity index is 728. The van der Waals surface area contributed by atoms with Crippen molar-refractivity contribution in [2.24, 2.45) is 23.7 Å². The van der Waals surface area contributed by atoms with Gasteiger partial charge in [-0.15, -0.1) is 5.10 Å². The monoisotopic (exact) mass is 416 g/mol. The minimum absolute atomic E-state index is 0.161. The lowest BCUT2D eigenvalue weighted by Gasteiger charge is -2.37. The van der Waals surface area contributed by atoms with Crippen molar-refractivity contribution in [1.82, 2.24) is 19.9 Å². The number of hydrogen-bond donors (Lipinski definition) is 0. The maximum atomic E-state index is 12.9. The van der Waals surface area contributed by atoms with E-state index in [1.54, 1.807) is 7.11 Å². The van der Waals surface area contributed by atoms with Crippen LogP contribution < -0.4 is 0 Å². The summed E-state index contributed by atoms with van der Waals surface area (Å²) in [7, 11) is 1.68. The number of aromatic nitrogens is 3. The van der Waals surface area contributed by atoms with Crippen molar-refractivity contribution in [1.29, 1.82) is 0 Å². The summed E-state index contributed by atoms with van der Waals surface area (Å²) in [6, 6.07) is 0.202. The van der Waals surface area contributed by atoms with E-state index in [9.17, 15) is 4.79 Å². The van der Waals surface area contributed by atoms with E-state index < -0.39 is 0 Å². The highest BCUT2D eigenvalue weighted by molar-refractivity contribution is 5.76. The molecule has 0 N–H and O–H groups in total. The van der Waals surface area contributed by atoms with E-state index in [-0.39, 0.29) is 12.1 Å². The first kappa shape index (κ1) is 20.4. The van der Waals surface area contributed by atoms with Gasteiger partial charge < -0.3 is 14.4 Å². The summed E-state index contributed by atoms with van der Waals surface area (Å²) in [4.78, 5) is 15.1. The zero-order valence-corrected chi connectivity index (χ0v) is 18.2. The van der Waals surface area contributed by atoms with Crippen LogP contribution in [0.3, 0.4) is 0 Å². The van der Waals surface area contributed by atoms with Crippen molar-refractivity contribution in [3.63, 3.8) is 0 Å². The van der Waals surface area contributed by atoms with E-state index in [2.05, 4.69) is 15.2 Å². The molecule has 0 bridgehead atoms. The van der Waals surface area contributed by atoms with Gasteiger partial charge in [-0.05, 0) is 62.2 Å². The highest BCUT2D eigenvalue weighted by atomic mass is 16.5. The van der Waals surface area contributed by atoms with E-state index in [0.29, 0.717) is 30.3 Å². The Morgan fingerprint density at radius 2 is 1.87 bits per heavy atom. The summed E-state index contributed by atoms with van der Waals surface area (Å²) in [6.07, 6.45) is 12.6. The fourth-order valence-electron chi connectivity index (χ4n) is 5.88. The Labute approximate surface area is 179 Å². The lowest BCUT2D eigenvalue weighted by atomic mass is 9.77. The van der Waals surface area contributed by atoms with Gasteiger partial charge >= 0.3 is 0 Å². The molecule has 1 aromatic rings. The summed E-state index contributed by atoms with van der Waals surface area (Å²) < 4.78 is 13.7. The zero-order valence-electron chi connectivity index (χ0n) is 18.2. The number of ether oxygens (including phenoxy) is 2. The quantitative estimate of drug-likeness (QED) is 0.651. The highest BCUT2D eigenvalue weighted by Crippen LogP contribution is 2.43. The smallest absolute Gasteiger partial charge is 0.222 e. The number of hydrogen-bond acceptors (Lipinski definition) is 5. The predicted molar refractivity (Wildman–Crippen MR) is 112 cm³/mol. The van der Waals surface area contributed by atoms with Crippen LogP contribution in [0.1, 0.15) is 69.5 Å². The minimum Gasteiger partial charge on any atom is -0.378 e. The topological polar surface area (TPSA) is 69.5 Å². The first-order valence-corrected chi connectivity index (χ1v) is 12.0. The molecule has 4 fully saturated rings. The number of amides is 1. The molecule has 0 unspecified atom stereocenters. The Kier molecular flexibility index (Phi) is 6.10. The molecule has 0 radical (unpaired) electrons. The molecule has 7 nitrogen and oxygen atoms in total. The average molecular weight is 417 g/mol. The molecule has 0 spiro atoms.